The van der Waals surface area contributed by atoms with Crippen LogP contribution < -0.4 is 20.1 Å². The van der Waals surface area contributed by atoms with Gasteiger partial charge in [0.1, 0.15) is 11.2 Å². The van der Waals surface area contributed by atoms with E-state index in [4.69, 9.17) is 9.47 Å². The first-order valence-corrected chi connectivity index (χ1v) is 11.7. The van der Waals surface area contributed by atoms with E-state index in [0.717, 1.165) is 41.1 Å². The maximum absolute atomic E-state index is 13.1. The van der Waals surface area contributed by atoms with E-state index < -0.39 is 0 Å². The Kier molecular flexibility index (Phi) is 5.71. The molecule has 2 atom stereocenters. The molecule has 0 unspecified atom stereocenters. The van der Waals surface area contributed by atoms with E-state index in [2.05, 4.69) is 31.4 Å². The van der Waals surface area contributed by atoms with Gasteiger partial charge in [0.05, 0.1) is 18.8 Å². The van der Waals surface area contributed by atoms with Gasteiger partial charge in [-0.3, -0.25) is 4.79 Å². The van der Waals surface area contributed by atoms with Gasteiger partial charge < -0.3 is 20.1 Å². The number of amides is 1. The molecule has 5 nitrogen and oxygen atoms in total. The molecule has 162 valence electrons. The van der Waals surface area contributed by atoms with Gasteiger partial charge in [0, 0.05) is 4.88 Å². The molecule has 2 N–H and O–H groups in total. The van der Waals surface area contributed by atoms with Gasteiger partial charge in [0.25, 0.3) is 5.91 Å². The Morgan fingerprint density at radius 2 is 1.83 bits per heavy atom. The SMILES string of the molecule is CCOc1ccc([C@H]2NC(=O)c3c(sc4c3CC[C@H](C(C)(C)C)C4)N2)cc1OCC. The molecule has 0 saturated heterocycles. The molecule has 2 heterocycles. The Labute approximate surface area is 183 Å². The molecule has 6 heteroatoms. The van der Waals surface area contributed by atoms with Crippen LogP contribution in [0.1, 0.15) is 73.6 Å². The van der Waals surface area contributed by atoms with E-state index in [9.17, 15) is 4.79 Å². The number of anilines is 1. The Morgan fingerprint density at radius 3 is 2.53 bits per heavy atom. The number of carbonyl (C=O) groups is 1. The van der Waals surface area contributed by atoms with Gasteiger partial charge in [-0.15, -0.1) is 11.3 Å². The summed E-state index contributed by atoms with van der Waals surface area (Å²) in [5, 5.41) is 7.71. The quantitative estimate of drug-likeness (QED) is 0.655. The third-order valence-corrected chi connectivity index (χ3v) is 7.35. The third-order valence-electron chi connectivity index (χ3n) is 6.17. The van der Waals surface area contributed by atoms with Crippen LogP contribution in [-0.4, -0.2) is 19.1 Å². The summed E-state index contributed by atoms with van der Waals surface area (Å²) in [7, 11) is 0. The average Bonchev–Trinajstić information content (AvgIpc) is 3.07. The molecule has 1 amide bonds. The number of hydrogen-bond acceptors (Lipinski definition) is 5. The second kappa shape index (κ2) is 8.14. The largest absolute Gasteiger partial charge is 0.490 e. The fourth-order valence-corrected chi connectivity index (χ4v) is 5.80. The molecule has 0 saturated carbocycles. The first kappa shape index (κ1) is 21.0. The van der Waals surface area contributed by atoms with Crippen molar-refractivity contribution < 1.29 is 14.3 Å². The number of ether oxygens (including phenoxy) is 2. The third kappa shape index (κ3) is 3.89. The van der Waals surface area contributed by atoms with Crippen LogP contribution in [0.2, 0.25) is 0 Å². The highest BCUT2D eigenvalue weighted by atomic mass is 32.1. The van der Waals surface area contributed by atoms with Crippen molar-refractivity contribution in [2.24, 2.45) is 11.3 Å². The van der Waals surface area contributed by atoms with Crippen LogP contribution in [0, 0.1) is 11.3 Å². The van der Waals surface area contributed by atoms with Gasteiger partial charge >= 0.3 is 0 Å². The van der Waals surface area contributed by atoms with Crippen molar-refractivity contribution in [3.8, 4) is 11.5 Å². The number of fused-ring (bicyclic) bond motifs is 3. The van der Waals surface area contributed by atoms with Crippen LogP contribution in [-0.2, 0) is 12.8 Å². The molecule has 4 rings (SSSR count). The van der Waals surface area contributed by atoms with E-state index in [1.165, 1.54) is 10.4 Å². The monoisotopic (exact) mass is 428 g/mol. The normalized spacial score (nSPS) is 20.6. The van der Waals surface area contributed by atoms with Crippen molar-refractivity contribution in [3.63, 3.8) is 0 Å². The number of nitrogens with one attached hydrogen (secondary N) is 2. The van der Waals surface area contributed by atoms with Crippen LogP contribution in [0.5, 0.6) is 11.5 Å². The van der Waals surface area contributed by atoms with Gasteiger partial charge in [-0.1, -0.05) is 26.8 Å². The lowest BCUT2D eigenvalue weighted by atomic mass is 9.72. The van der Waals surface area contributed by atoms with Crippen LogP contribution in [0.15, 0.2) is 18.2 Å². The molecule has 30 heavy (non-hydrogen) atoms. The minimum absolute atomic E-state index is 0.0207. The maximum atomic E-state index is 13.1. The number of rotatable bonds is 5. The summed E-state index contributed by atoms with van der Waals surface area (Å²) in [4.78, 5) is 14.4. The number of carbonyl (C=O) groups excluding carboxylic acids is 1. The minimum Gasteiger partial charge on any atom is -0.490 e. The summed E-state index contributed by atoms with van der Waals surface area (Å²) in [6, 6.07) is 5.86. The van der Waals surface area contributed by atoms with E-state index in [1.807, 2.05) is 32.0 Å². The van der Waals surface area contributed by atoms with Crippen molar-refractivity contribution in [1.29, 1.82) is 0 Å². The van der Waals surface area contributed by atoms with Crippen molar-refractivity contribution in [3.05, 3.63) is 39.8 Å². The summed E-state index contributed by atoms with van der Waals surface area (Å²) >= 11 is 1.76. The summed E-state index contributed by atoms with van der Waals surface area (Å²) in [6.07, 6.45) is 2.92. The highest BCUT2D eigenvalue weighted by Gasteiger charge is 2.36. The Morgan fingerprint density at radius 1 is 1.10 bits per heavy atom. The first-order valence-electron chi connectivity index (χ1n) is 10.9. The average molecular weight is 429 g/mol. The molecular weight excluding hydrogens is 396 g/mol. The van der Waals surface area contributed by atoms with Gasteiger partial charge in [0.15, 0.2) is 11.5 Å². The van der Waals surface area contributed by atoms with Crippen LogP contribution >= 0.6 is 11.3 Å². The lowest BCUT2D eigenvalue weighted by Crippen LogP contribution is -2.38. The Balaban J connectivity index is 1.61. The molecular formula is C24H32N2O3S. The van der Waals surface area contributed by atoms with Gasteiger partial charge in [-0.05, 0) is 67.7 Å². The van der Waals surface area contributed by atoms with Gasteiger partial charge in [0.2, 0.25) is 0 Å². The highest BCUT2D eigenvalue weighted by Crippen LogP contribution is 2.46. The molecule has 0 bridgehead atoms. The molecule has 0 radical (unpaired) electrons. The zero-order valence-electron chi connectivity index (χ0n) is 18.6. The second-order valence-electron chi connectivity index (χ2n) is 9.14. The van der Waals surface area contributed by atoms with Crippen molar-refractivity contribution in [1.82, 2.24) is 5.32 Å². The minimum atomic E-state index is -0.279. The van der Waals surface area contributed by atoms with Crippen LogP contribution in [0.3, 0.4) is 0 Å². The highest BCUT2D eigenvalue weighted by molar-refractivity contribution is 7.16. The topological polar surface area (TPSA) is 59.6 Å². The molecule has 0 fully saturated rings. The standard InChI is InChI=1S/C24H32N2O3S/c1-6-28-17-11-8-14(12-18(17)29-7-2)21-25-22(27)20-16-10-9-15(24(3,4)5)13-19(16)30-23(20)26-21/h8,11-12,15,21,26H,6-7,9-10,13H2,1-5H3,(H,25,27)/t15-,21-/m0/s1. The summed E-state index contributed by atoms with van der Waals surface area (Å²) in [5.41, 5.74) is 3.35. The van der Waals surface area contributed by atoms with Gasteiger partial charge in [-0.25, -0.2) is 0 Å². The fraction of sp³-hybridized carbons (Fsp3) is 0.542. The van der Waals surface area contributed by atoms with Crippen LogP contribution in [0.25, 0.3) is 0 Å². The van der Waals surface area contributed by atoms with Crippen molar-refractivity contribution >= 4 is 22.2 Å². The second-order valence-corrected chi connectivity index (χ2v) is 10.2. The summed E-state index contributed by atoms with van der Waals surface area (Å²) in [6.45, 7) is 12.0. The van der Waals surface area contributed by atoms with E-state index >= 15 is 0 Å². The number of benzene rings is 1. The molecule has 2 aromatic rings. The summed E-state index contributed by atoms with van der Waals surface area (Å²) in [5.74, 6) is 2.11. The zero-order valence-corrected chi connectivity index (χ0v) is 19.4. The lowest BCUT2D eigenvalue weighted by molar-refractivity contribution is 0.0934. The number of hydrogen-bond donors (Lipinski definition) is 2. The van der Waals surface area contributed by atoms with Crippen molar-refractivity contribution in [2.75, 3.05) is 18.5 Å². The molecule has 1 aromatic heterocycles. The van der Waals surface area contributed by atoms with E-state index in [-0.39, 0.29) is 12.1 Å². The zero-order chi connectivity index (χ0) is 21.5. The maximum Gasteiger partial charge on any atom is 0.256 e. The number of thiophene rings is 1. The van der Waals surface area contributed by atoms with Crippen molar-refractivity contribution in [2.45, 2.75) is 60.0 Å². The van der Waals surface area contributed by atoms with Crippen LogP contribution in [0.4, 0.5) is 5.00 Å². The predicted molar refractivity (Wildman–Crippen MR) is 122 cm³/mol. The molecule has 0 spiro atoms. The first-order chi connectivity index (χ1) is 14.3. The fourth-order valence-electron chi connectivity index (χ4n) is 4.45. The van der Waals surface area contributed by atoms with E-state index in [0.29, 0.717) is 30.3 Å². The molecule has 1 aliphatic heterocycles. The Bertz CT molecular complexity index is 945. The molecule has 2 aliphatic rings. The predicted octanol–water partition coefficient (Wildman–Crippen LogP) is 5.55. The lowest BCUT2D eigenvalue weighted by Gasteiger charge is -2.34. The van der Waals surface area contributed by atoms with E-state index in [1.54, 1.807) is 11.3 Å². The van der Waals surface area contributed by atoms with Gasteiger partial charge in [-0.2, -0.15) is 0 Å². The molecule has 1 aromatic carbocycles. The smallest absolute Gasteiger partial charge is 0.256 e. The molecule has 1 aliphatic carbocycles. The Hall–Kier alpha value is -2.21. The summed E-state index contributed by atoms with van der Waals surface area (Å²) < 4.78 is 11.4.